The SMILES string of the molecule is C=C[C@@H](OCc1ccccc1)C(C(=O)OC)C(=O)OC. The van der Waals surface area contributed by atoms with Crippen LogP contribution in [0.15, 0.2) is 43.0 Å². The van der Waals surface area contributed by atoms with Gasteiger partial charge in [-0.15, -0.1) is 6.58 Å². The largest absolute Gasteiger partial charge is 0.468 e. The molecule has 1 aromatic carbocycles. The zero-order chi connectivity index (χ0) is 15.0. The summed E-state index contributed by atoms with van der Waals surface area (Å²) in [5.74, 6) is -2.60. The minimum Gasteiger partial charge on any atom is -0.468 e. The van der Waals surface area contributed by atoms with Crippen molar-refractivity contribution < 1.29 is 23.8 Å². The molecular weight excluding hydrogens is 260 g/mol. The Morgan fingerprint density at radius 3 is 2.15 bits per heavy atom. The second-order valence-electron chi connectivity index (χ2n) is 4.02. The zero-order valence-electron chi connectivity index (χ0n) is 11.6. The first kappa shape index (κ1) is 15.9. The Balaban J connectivity index is 2.77. The summed E-state index contributed by atoms with van der Waals surface area (Å²) in [6.07, 6.45) is 0.580. The molecule has 0 aromatic heterocycles. The van der Waals surface area contributed by atoms with Crippen LogP contribution in [0.4, 0.5) is 0 Å². The molecule has 0 aliphatic carbocycles. The van der Waals surface area contributed by atoms with Crippen LogP contribution in [0.5, 0.6) is 0 Å². The van der Waals surface area contributed by atoms with Gasteiger partial charge in [0, 0.05) is 0 Å². The van der Waals surface area contributed by atoms with Gasteiger partial charge in [-0.3, -0.25) is 9.59 Å². The first-order chi connectivity index (χ1) is 9.63. The summed E-state index contributed by atoms with van der Waals surface area (Å²) < 4.78 is 14.8. The van der Waals surface area contributed by atoms with Gasteiger partial charge < -0.3 is 14.2 Å². The summed E-state index contributed by atoms with van der Waals surface area (Å²) >= 11 is 0. The van der Waals surface area contributed by atoms with Crippen LogP contribution in [-0.4, -0.2) is 32.3 Å². The Morgan fingerprint density at radius 1 is 1.15 bits per heavy atom. The number of methoxy groups -OCH3 is 2. The van der Waals surface area contributed by atoms with Crippen molar-refractivity contribution in [2.45, 2.75) is 12.7 Å². The zero-order valence-corrected chi connectivity index (χ0v) is 11.6. The van der Waals surface area contributed by atoms with E-state index in [9.17, 15) is 9.59 Å². The third-order valence-electron chi connectivity index (χ3n) is 2.76. The highest BCUT2D eigenvalue weighted by atomic mass is 16.6. The molecule has 0 saturated heterocycles. The molecule has 0 aliphatic heterocycles. The molecule has 0 amide bonds. The highest BCUT2D eigenvalue weighted by molar-refractivity contribution is 5.95. The molecule has 0 heterocycles. The first-order valence-corrected chi connectivity index (χ1v) is 6.07. The van der Waals surface area contributed by atoms with Gasteiger partial charge in [-0.25, -0.2) is 0 Å². The molecule has 1 aromatic rings. The Bertz CT molecular complexity index is 439. The minimum atomic E-state index is -1.17. The molecule has 0 bridgehead atoms. The maximum absolute atomic E-state index is 11.7. The number of esters is 2. The number of carbonyl (C=O) groups excluding carboxylic acids is 2. The van der Waals surface area contributed by atoms with E-state index in [2.05, 4.69) is 16.1 Å². The summed E-state index contributed by atoms with van der Waals surface area (Å²) in [4.78, 5) is 23.3. The standard InChI is InChI=1S/C15H18O5/c1-4-12(13(14(16)18-2)15(17)19-3)20-10-11-8-6-5-7-9-11/h4-9,12-13H,1,10H2,2-3H3/t12-/m1/s1. The maximum Gasteiger partial charge on any atom is 0.323 e. The lowest BCUT2D eigenvalue weighted by atomic mass is 10.0. The van der Waals surface area contributed by atoms with Crippen molar-refractivity contribution in [1.82, 2.24) is 0 Å². The van der Waals surface area contributed by atoms with Crippen molar-refractivity contribution in [3.8, 4) is 0 Å². The fraction of sp³-hybridized carbons (Fsp3) is 0.333. The molecule has 0 aliphatic rings. The van der Waals surface area contributed by atoms with Crippen LogP contribution >= 0.6 is 0 Å². The van der Waals surface area contributed by atoms with Gasteiger partial charge in [0.15, 0.2) is 5.92 Å². The van der Waals surface area contributed by atoms with Crippen LogP contribution in [0, 0.1) is 5.92 Å². The second kappa shape index (κ2) is 8.12. The second-order valence-corrected chi connectivity index (χ2v) is 4.02. The number of hydrogen-bond donors (Lipinski definition) is 0. The third-order valence-corrected chi connectivity index (χ3v) is 2.76. The molecule has 0 unspecified atom stereocenters. The van der Waals surface area contributed by atoms with Crippen LogP contribution in [-0.2, 0) is 30.4 Å². The lowest BCUT2D eigenvalue weighted by molar-refractivity contribution is -0.164. The predicted octanol–water partition coefficient (Wildman–Crippen LogP) is 1.72. The number of benzene rings is 1. The minimum absolute atomic E-state index is 0.252. The highest BCUT2D eigenvalue weighted by Crippen LogP contribution is 2.15. The van der Waals surface area contributed by atoms with E-state index >= 15 is 0 Å². The van der Waals surface area contributed by atoms with Crippen molar-refractivity contribution in [2.24, 2.45) is 5.92 Å². The van der Waals surface area contributed by atoms with Crippen LogP contribution < -0.4 is 0 Å². The van der Waals surface area contributed by atoms with Gasteiger partial charge in [0.05, 0.1) is 26.9 Å². The van der Waals surface area contributed by atoms with E-state index in [4.69, 9.17) is 4.74 Å². The summed E-state index contributed by atoms with van der Waals surface area (Å²) in [6, 6.07) is 9.40. The van der Waals surface area contributed by atoms with E-state index in [1.807, 2.05) is 30.3 Å². The van der Waals surface area contributed by atoms with Gasteiger partial charge in [-0.2, -0.15) is 0 Å². The maximum atomic E-state index is 11.7. The number of rotatable bonds is 7. The number of carbonyl (C=O) groups is 2. The monoisotopic (exact) mass is 278 g/mol. The average molecular weight is 278 g/mol. The number of hydrogen-bond acceptors (Lipinski definition) is 5. The van der Waals surface area contributed by atoms with Crippen LogP contribution in [0.3, 0.4) is 0 Å². The topological polar surface area (TPSA) is 61.8 Å². The highest BCUT2D eigenvalue weighted by Gasteiger charge is 2.36. The fourth-order valence-corrected chi connectivity index (χ4v) is 1.69. The Kier molecular flexibility index (Phi) is 6.46. The first-order valence-electron chi connectivity index (χ1n) is 6.07. The molecular formula is C15H18O5. The number of ether oxygens (including phenoxy) is 3. The normalized spacial score (nSPS) is 11.8. The van der Waals surface area contributed by atoms with E-state index in [-0.39, 0.29) is 6.61 Å². The fourth-order valence-electron chi connectivity index (χ4n) is 1.69. The van der Waals surface area contributed by atoms with Gasteiger partial charge in [0.2, 0.25) is 0 Å². The third kappa shape index (κ3) is 4.20. The lowest BCUT2D eigenvalue weighted by Gasteiger charge is -2.20. The van der Waals surface area contributed by atoms with Gasteiger partial charge in [-0.05, 0) is 5.56 Å². The molecule has 0 spiro atoms. The molecule has 5 heteroatoms. The molecule has 0 saturated carbocycles. The van der Waals surface area contributed by atoms with E-state index in [1.54, 1.807) is 0 Å². The van der Waals surface area contributed by atoms with E-state index in [0.29, 0.717) is 0 Å². The van der Waals surface area contributed by atoms with Crippen molar-refractivity contribution in [2.75, 3.05) is 14.2 Å². The Labute approximate surface area is 118 Å². The summed E-state index contributed by atoms with van der Waals surface area (Å²) in [5, 5.41) is 0. The molecule has 5 nitrogen and oxygen atoms in total. The molecule has 0 N–H and O–H groups in total. The lowest BCUT2D eigenvalue weighted by Crippen LogP contribution is -2.37. The van der Waals surface area contributed by atoms with E-state index in [0.717, 1.165) is 5.56 Å². The van der Waals surface area contributed by atoms with Crippen molar-refractivity contribution in [3.63, 3.8) is 0 Å². The average Bonchev–Trinajstić information content (AvgIpc) is 2.51. The van der Waals surface area contributed by atoms with Gasteiger partial charge in [0.25, 0.3) is 0 Å². The smallest absolute Gasteiger partial charge is 0.323 e. The molecule has 20 heavy (non-hydrogen) atoms. The predicted molar refractivity (Wildman–Crippen MR) is 72.7 cm³/mol. The van der Waals surface area contributed by atoms with Crippen molar-refractivity contribution >= 4 is 11.9 Å². The van der Waals surface area contributed by atoms with Gasteiger partial charge in [-0.1, -0.05) is 36.4 Å². The molecule has 1 rings (SSSR count). The quantitative estimate of drug-likeness (QED) is 0.432. The molecule has 0 fully saturated rings. The molecule has 108 valence electrons. The van der Waals surface area contributed by atoms with Crippen molar-refractivity contribution in [1.29, 1.82) is 0 Å². The Morgan fingerprint density at radius 2 is 1.70 bits per heavy atom. The van der Waals surface area contributed by atoms with Crippen LogP contribution in [0.2, 0.25) is 0 Å². The van der Waals surface area contributed by atoms with Gasteiger partial charge in [0.1, 0.15) is 0 Å². The van der Waals surface area contributed by atoms with E-state index < -0.39 is 24.0 Å². The van der Waals surface area contributed by atoms with Gasteiger partial charge >= 0.3 is 11.9 Å². The van der Waals surface area contributed by atoms with Crippen molar-refractivity contribution in [3.05, 3.63) is 48.6 Å². The Hall–Kier alpha value is -2.14. The molecule has 0 radical (unpaired) electrons. The summed E-state index contributed by atoms with van der Waals surface area (Å²) in [5.41, 5.74) is 0.924. The van der Waals surface area contributed by atoms with Crippen LogP contribution in [0.25, 0.3) is 0 Å². The summed E-state index contributed by atoms with van der Waals surface area (Å²) in [7, 11) is 2.41. The van der Waals surface area contributed by atoms with E-state index in [1.165, 1.54) is 20.3 Å². The van der Waals surface area contributed by atoms with Crippen LogP contribution in [0.1, 0.15) is 5.56 Å². The molecule has 1 atom stereocenters. The summed E-state index contributed by atoms with van der Waals surface area (Å²) in [6.45, 7) is 3.84.